The molecular weight excluding hydrogens is 215 g/mol. The maximum atomic E-state index is 12.0. The fourth-order valence-electron chi connectivity index (χ4n) is 1.49. The van der Waals surface area contributed by atoms with Gasteiger partial charge in [0.25, 0.3) is 0 Å². The highest BCUT2D eigenvalue weighted by Crippen LogP contribution is 2.52. The van der Waals surface area contributed by atoms with Crippen LogP contribution in [0.1, 0.15) is 27.2 Å². The van der Waals surface area contributed by atoms with Gasteiger partial charge >= 0.3 is 7.82 Å². The van der Waals surface area contributed by atoms with E-state index in [0.717, 1.165) is 6.42 Å². The van der Waals surface area contributed by atoms with Crippen LogP contribution in [0.3, 0.4) is 0 Å². The molecule has 15 heavy (non-hydrogen) atoms. The van der Waals surface area contributed by atoms with Crippen LogP contribution in [0.4, 0.5) is 0 Å². The Morgan fingerprint density at radius 1 is 1.33 bits per heavy atom. The van der Waals surface area contributed by atoms with E-state index in [-0.39, 0.29) is 12.0 Å². The molecule has 0 aliphatic heterocycles. The Morgan fingerprint density at radius 2 is 1.93 bits per heavy atom. The van der Waals surface area contributed by atoms with Gasteiger partial charge in [0.1, 0.15) is 0 Å². The van der Waals surface area contributed by atoms with E-state index in [0.29, 0.717) is 13.2 Å². The summed E-state index contributed by atoms with van der Waals surface area (Å²) in [5, 5.41) is 0. The molecule has 0 saturated carbocycles. The lowest BCUT2D eigenvalue weighted by Gasteiger charge is -2.22. The van der Waals surface area contributed by atoms with Crippen molar-refractivity contribution in [3.8, 4) is 0 Å². The highest BCUT2D eigenvalue weighted by Gasteiger charge is 2.32. The zero-order chi connectivity index (χ0) is 11.3. The van der Waals surface area contributed by atoms with Gasteiger partial charge in [0.15, 0.2) is 0 Å². The molecule has 4 nitrogen and oxygen atoms in total. The van der Waals surface area contributed by atoms with Crippen molar-refractivity contribution in [2.24, 2.45) is 5.92 Å². The Morgan fingerprint density at radius 3 is 2.33 bits per heavy atom. The summed E-state index contributed by atoms with van der Waals surface area (Å²) >= 11 is 0. The Labute approximate surface area is 91.2 Å². The van der Waals surface area contributed by atoms with Crippen molar-refractivity contribution in [2.45, 2.75) is 33.3 Å². The van der Waals surface area contributed by atoms with Gasteiger partial charge in [-0.25, -0.2) is 4.57 Å². The largest absolute Gasteiger partial charge is 0.475 e. The topological polar surface area (TPSA) is 44.8 Å². The average molecular weight is 234 g/mol. The summed E-state index contributed by atoms with van der Waals surface area (Å²) in [7, 11) is -3.35. The highest BCUT2D eigenvalue weighted by molar-refractivity contribution is 7.48. The first kappa shape index (κ1) is 12.9. The zero-order valence-corrected chi connectivity index (χ0v) is 10.4. The van der Waals surface area contributed by atoms with E-state index < -0.39 is 7.82 Å². The summed E-state index contributed by atoms with van der Waals surface area (Å²) in [6.45, 7) is 6.21. The van der Waals surface area contributed by atoms with Crippen LogP contribution in [-0.2, 0) is 18.1 Å². The van der Waals surface area contributed by atoms with Gasteiger partial charge in [0, 0.05) is 5.92 Å². The molecule has 5 heteroatoms. The zero-order valence-electron chi connectivity index (χ0n) is 9.51. The minimum absolute atomic E-state index is 0.0890. The van der Waals surface area contributed by atoms with E-state index in [4.69, 9.17) is 13.6 Å². The van der Waals surface area contributed by atoms with Crippen LogP contribution in [0.5, 0.6) is 0 Å². The predicted molar refractivity (Wildman–Crippen MR) is 58.7 cm³/mol. The quantitative estimate of drug-likeness (QED) is 0.523. The molecule has 2 atom stereocenters. The van der Waals surface area contributed by atoms with Gasteiger partial charge < -0.3 is 0 Å². The molecule has 1 aliphatic rings. The van der Waals surface area contributed by atoms with Gasteiger partial charge in [0.2, 0.25) is 0 Å². The van der Waals surface area contributed by atoms with Crippen LogP contribution in [0, 0.1) is 5.92 Å². The second-order valence-electron chi connectivity index (χ2n) is 3.45. The average Bonchev–Trinajstić information content (AvgIpc) is 2.52. The first-order chi connectivity index (χ1) is 7.11. The summed E-state index contributed by atoms with van der Waals surface area (Å²) in [5.74, 6) is 0.263. The molecule has 0 bridgehead atoms. The molecule has 1 rings (SSSR count). The lowest BCUT2D eigenvalue weighted by Crippen LogP contribution is -2.16. The predicted octanol–water partition coefficient (Wildman–Crippen LogP) is 3.15. The molecule has 0 N–H and O–H groups in total. The minimum Gasteiger partial charge on any atom is -0.287 e. The van der Waals surface area contributed by atoms with Crippen LogP contribution >= 0.6 is 7.82 Å². The molecule has 0 radical (unpaired) electrons. The summed E-state index contributed by atoms with van der Waals surface area (Å²) in [4.78, 5) is 0. The Bertz CT molecular complexity index is 254. The van der Waals surface area contributed by atoms with Crippen LogP contribution in [-0.4, -0.2) is 19.3 Å². The molecule has 0 aromatic carbocycles. The van der Waals surface area contributed by atoms with Crippen molar-refractivity contribution >= 4 is 7.82 Å². The highest BCUT2D eigenvalue weighted by atomic mass is 31.2. The standard InChI is InChI=1S/C10H19O4P/c1-4-12-15(11,13-5-2)14-10-8-6-7-9(10)3/h6-7,9-10H,4-5,8H2,1-3H3/t9-,10-/m0/s1. The molecule has 1 aliphatic carbocycles. The fourth-order valence-corrected chi connectivity index (χ4v) is 2.92. The van der Waals surface area contributed by atoms with Crippen molar-refractivity contribution in [2.75, 3.05) is 13.2 Å². The molecule has 0 saturated heterocycles. The van der Waals surface area contributed by atoms with E-state index in [1.807, 2.05) is 19.1 Å². The number of hydrogen-bond donors (Lipinski definition) is 0. The number of phosphoric ester groups is 1. The van der Waals surface area contributed by atoms with Gasteiger partial charge in [-0.1, -0.05) is 19.1 Å². The third kappa shape index (κ3) is 3.72. The molecule has 0 spiro atoms. The lowest BCUT2D eigenvalue weighted by atomic mass is 10.1. The van der Waals surface area contributed by atoms with Crippen molar-refractivity contribution in [3.05, 3.63) is 12.2 Å². The third-order valence-corrected chi connectivity index (χ3v) is 3.91. The van der Waals surface area contributed by atoms with Gasteiger partial charge in [-0.15, -0.1) is 0 Å². The Kier molecular flexibility index (Phi) is 5.00. The van der Waals surface area contributed by atoms with Crippen LogP contribution in [0.2, 0.25) is 0 Å². The minimum atomic E-state index is -3.35. The molecule has 0 fully saturated rings. The normalized spacial score (nSPS) is 26.1. The molecular formula is C10H19O4P. The van der Waals surface area contributed by atoms with E-state index in [1.165, 1.54) is 0 Å². The first-order valence-electron chi connectivity index (χ1n) is 5.35. The van der Waals surface area contributed by atoms with E-state index >= 15 is 0 Å². The summed E-state index contributed by atoms with van der Waals surface area (Å²) in [6, 6.07) is 0. The smallest absolute Gasteiger partial charge is 0.287 e. The van der Waals surface area contributed by atoms with Gasteiger partial charge in [-0.05, 0) is 20.3 Å². The maximum Gasteiger partial charge on any atom is 0.475 e. The van der Waals surface area contributed by atoms with Gasteiger partial charge in [0.05, 0.1) is 19.3 Å². The summed E-state index contributed by atoms with van der Waals surface area (Å²) in [6.07, 6.45) is 4.75. The molecule has 0 amide bonds. The van der Waals surface area contributed by atoms with E-state index in [2.05, 4.69) is 0 Å². The van der Waals surface area contributed by atoms with Crippen molar-refractivity contribution in [1.82, 2.24) is 0 Å². The second-order valence-corrected chi connectivity index (χ2v) is 5.07. The Hall–Kier alpha value is -0.150. The SMILES string of the molecule is CCOP(=O)(OCC)O[C@H]1CC=C[C@@H]1C. The second kappa shape index (κ2) is 5.80. The fraction of sp³-hybridized carbons (Fsp3) is 0.800. The summed E-state index contributed by atoms with van der Waals surface area (Å²) < 4.78 is 27.6. The maximum absolute atomic E-state index is 12.0. The van der Waals surface area contributed by atoms with Crippen LogP contribution in [0.25, 0.3) is 0 Å². The molecule has 0 aromatic heterocycles. The van der Waals surface area contributed by atoms with Gasteiger partial charge in [-0.3, -0.25) is 13.6 Å². The van der Waals surface area contributed by atoms with Crippen LogP contribution < -0.4 is 0 Å². The molecule has 0 heterocycles. The monoisotopic (exact) mass is 234 g/mol. The number of rotatable bonds is 6. The van der Waals surface area contributed by atoms with Crippen molar-refractivity contribution < 1.29 is 18.1 Å². The van der Waals surface area contributed by atoms with Gasteiger partial charge in [-0.2, -0.15) is 0 Å². The van der Waals surface area contributed by atoms with Crippen molar-refractivity contribution in [1.29, 1.82) is 0 Å². The lowest BCUT2D eigenvalue weighted by molar-refractivity contribution is 0.0739. The first-order valence-corrected chi connectivity index (χ1v) is 6.81. The number of phosphoric acid groups is 1. The van der Waals surface area contributed by atoms with Crippen LogP contribution in [0.15, 0.2) is 12.2 Å². The summed E-state index contributed by atoms with van der Waals surface area (Å²) in [5.41, 5.74) is 0. The number of hydrogen-bond acceptors (Lipinski definition) is 4. The molecule has 0 unspecified atom stereocenters. The van der Waals surface area contributed by atoms with Crippen molar-refractivity contribution in [3.63, 3.8) is 0 Å². The van der Waals surface area contributed by atoms with E-state index in [1.54, 1.807) is 13.8 Å². The molecule has 0 aromatic rings. The third-order valence-electron chi connectivity index (χ3n) is 2.23. The molecule has 88 valence electrons. The van der Waals surface area contributed by atoms with E-state index in [9.17, 15) is 4.57 Å². The Balaban J connectivity index is 2.54.